The van der Waals surface area contributed by atoms with Gasteiger partial charge in [0.05, 0.1) is 26.5 Å². The van der Waals surface area contributed by atoms with Crippen LogP contribution in [0.25, 0.3) is 0 Å². The first kappa shape index (κ1) is 18.2. The van der Waals surface area contributed by atoms with E-state index in [2.05, 4.69) is 20.6 Å². The minimum Gasteiger partial charge on any atom is -0.493 e. The van der Waals surface area contributed by atoms with Crippen molar-refractivity contribution in [2.24, 2.45) is 0 Å². The zero-order valence-corrected chi connectivity index (χ0v) is 15.1. The fraction of sp³-hybridized carbons (Fsp3) is 0.150. The lowest BCUT2D eigenvalue weighted by Gasteiger charge is -2.12. The van der Waals surface area contributed by atoms with Crippen LogP contribution in [0.5, 0.6) is 11.5 Å². The number of carbonyl (C=O) groups excluding carboxylic acids is 1. The van der Waals surface area contributed by atoms with Crippen molar-refractivity contribution in [1.29, 1.82) is 0 Å². The number of nitrogens with zero attached hydrogens (tertiary/aromatic N) is 2. The maximum absolute atomic E-state index is 12.3. The number of hydrogen-bond donors (Lipinski definition) is 2. The van der Waals surface area contributed by atoms with E-state index in [-0.39, 0.29) is 5.91 Å². The molecule has 0 aliphatic rings. The fourth-order valence-corrected chi connectivity index (χ4v) is 2.48. The zero-order chi connectivity index (χ0) is 19.1. The summed E-state index contributed by atoms with van der Waals surface area (Å²) in [5, 5.41) is 6.04. The molecule has 0 fully saturated rings. The summed E-state index contributed by atoms with van der Waals surface area (Å²) in [6, 6.07) is 14.5. The molecule has 0 unspecified atom stereocenters. The Morgan fingerprint density at radius 3 is 2.48 bits per heavy atom. The maximum atomic E-state index is 12.3. The number of nitrogens with one attached hydrogen (secondary N) is 2. The summed E-state index contributed by atoms with van der Waals surface area (Å²) in [5.41, 5.74) is 2.64. The lowest BCUT2D eigenvalue weighted by Crippen LogP contribution is -2.24. The van der Waals surface area contributed by atoms with Crippen LogP contribution in [0.3, 0.4) is 0 Å². The number of anilines is 2. The second-order valence-corrected chi connectivity index (χ2v) is 5.63. The summed E-state index contributed by atoms with van der Waals surface area (Å²) < 4.78 is 10.5. The summed E-state index contributed by atoms with van der Waals surface area (Å²) >= 11 is 0. The Morgan fingerprint density at radius 1 is 0.926 bits per heavy atom. The van der Waals surface area contributed by atoms with Gasteiger partial charge in [-0.1, -0.05) is 6.07 Å². The third kappa shape index (κ3) is 4.72. The van der Waals surface area contributed by atoms with Crippen LogP contribution >= 0.6 is 0 Å². The SMILES string of the molecule is COc1ccc(Nc2ccnc(C(=O)NCc3ccccn3)c2)cc1OC. The monoisotopic (exact) mass is 364 g/mol. The molecule has 2 N–H and O–H groups in total. The summed E-state index contributed by atoms with van der Waals surface area (Å²) in [5.74, 6) is 0.994. The number of hydrogen-bond acceptors (Lipinski definition) is 6. The van der Waals surface area contributed by atoms with Crippen LogP contribution in [0.15, 0.2) is 60.9 Å². The van der Waals surface area contributed by atoms with E-state index in [4.69, 9.17) is 9.47 Å². The predicted octanol–water partition coefficient (Wildman–Crippen LogP) is 3.17. The van der Waals surface area contributed by atoms with Gasteiger partial charge >= 0.3 is 0 Å². The topological polar surface area (TPSA) is 85.4 Å². The minimum atomic E-state index is -0.267. The molecule has 0 saturated heterocycles. The molecule has 138 valence electrons. The normalized spacial score (nSPS) is 10.1. The Hall–Kier alpha value is -3.61. The first-order valence-corrected chi connectivity index (χ1v) is 8.33. The Kier molecular flexibility index (Phi) is 5.84. The number of aromatic nitrogens is 2. The smallest absolute Gasteiger partial charge is 0.270 e. The molecule has 1 amide bonds. The number of carbonyl (C=O) groups is 1. The van der Waals surface area contributed by atoms with Crippen LogP contribution in [0.2, 0.25) is 0 Å². The molecule has 3 aromatic rings. The van der Waals surface area contributed by atoms with Crippen LogP contribution in [0.1, 0.15) is 16.2 Å². The lowest BCUT2D eigenvalue weighted by molar-refractivity contribution is 0.0945. The molecular formula is C20H20N4O3. The first-order valence-electron chi connectivity index (χ1n) is 8.33. The Morgan fingerprint density at radius 2 is 1.74 bits per heavy atom. The van der Waals surface area contributed by atoms with E-state index >= 15 is 0 Å². The van der Waals surface area contributed by atoms with Gasteiger partial charge in [-0.05, 0) is 36.4 Å². The van der Waals surface area contributed by atoms with Crippen molar-refractivity contribution in [3.8, 4) is 11.5 Å². The second kappa shape index (κ2) is 8.66. The van der Waals surface area contributed by atoms with E-state index in [1.54, 1.807) is 38.7 Å². The molecule has 7 nitrogen and oxygen atoms in total. The molecule has 0 bridgehead atoms. The molecule has 0 radical (unpaired) electrons. The van der Waals surface area contributed by atoms with Gasteiger partial charge in [-0.2, -0.15) is 0 Å². The molecule has 1 aromatic carbocycles. The minimum absolute atomic E-state index is 0.267. The van der Waals surface area contributed by atoms with Crippen LogP contribution in [0, 0.1) is 0 Å². The van der Waals surface area contributed by atoms with Gasteiger partial charge in [-0.25, -0.2) is 0 Å². The summed E-state index contributed by atoms with van der Waals surface area (Å²) in [7, 11) is 3.17. The second-order valence-electron chi connectivity index (χ2n) is 5.63. The first-order chi connectivity index (χ1) is 13.2. The van der Waals surface area contributed by atoms with Gasteiger partial charge in [0.2, 0.25) is 0 Å². The summed E-state index contributed by atoms with van der Waals surface area (Å²) in [6.45, 7) is 0.342. The Labute approximate surface area is 157 Å². The molecule has 7 heteroatoms. The molecule has 0 saturated carbocycles. The van der Waals surface area contributed by atoms with Gasteiger partial charge in [0.25, 0.3) is 5.91 Å². The number of amides is 1. The highest BCUT2D eigenvalue weighted by Crippen LogP contribution is 2.31. The third-order valence-electron chi connectivity index (χ3n) is 3.82. The predicted molar refractivity (Wildman–Crippen MR) is 102 cm³/mol. The molecule has 0 atom stereocenters. The van der Waals surface area contributed by atoms with Crippen molar-refractivity contribution < 1.29 is 14.3 Å². The number of pyridine rings is 2. The van der Waals surface area contributed by atoms with Crippen molar-refractivity contribution in [2.45, 2.75) is 6.54 Å². The van der Waals surface area contributed by atoms with E-state index in [1.165, 1.54) is 0 Å². The van der Waals surface area contributed by atoms with Crippen LogP contribution < -0.4 is 20.1 Å². The van der Waals surface area contributed by atoms with Gasteiger partial charge in [0, 0.05) is 29.8 Å². The lowest BCUT2D eigenvalue weighted by atomic mass is 10.2. The molecule has 0 spiro atoms. The highest BCUT2D eigenvalue weighted by atomic mass is 16.5. The van der Waals surface area contributed by atoms with Crippen molar-refractivity contribution in [3.05, 3.63) is 72.3 Å². The molecular weight excluding hydrogens is 344 g/mol. The van der Waals surface area contributed by atoms with Crippen molar-refractivity contribution in [1.82, 2.24) is 15.3 Å². The van der Waals surface area contributed by atoms with E-state index in [0.717, 1.165) is 17.1 Å². The van der Waals surface area contributed by atoms with Crippen LogP contribution in [-0.2, 0) is 6.54 Å². The quantitative estimate of drug-likeness (QED) is 0.670. The van der Waals surface area contributed by atoms with E-state index < -0.39 is 0 Å². The molecule has 2 heterocycles. The molecule has 27 heavy (non-hydrogen) atoms. The maximum Gasteiger partial charge on any atom is 0.270 e. The highest BCUT2D eigenvalue weighted by molar-refractivity contribution is 5.93. The molecule has 0 aliphatic carbocycles. The molecule has 0 aliphatic heterocycles. The van der Waals surface area contributed by atoms with E-state index in [1.807, 2.05) is 36.4 Å². The largest absolute Gasteiger partial charge is 0.493 e. The van der Waals surface area contributed by atoms with Crippen molar-refractivity contribution >= 4 is 17.3 Å². The van der Waals surface area contributed by atoms with Gasteiger partial charge in [-0.3, -0.25) is 14.8 Å². The Balaban J connectivity index is 1.69. The average molecular weight is 364 g/mol. The van der Waals surface area contributed by atoms with Gasteiger partial charge in [-0.15, -0.1) is 0 Å². The third-order valence-corrected chi connectivity index (χ3v) is 3.82. The number of ether oxygens (including phenoxy) is 2. The van der Waals surface area contributed by atoms with Crippen molar-refractivity contribution in [3.63, 3.8) is 0 Å². The fourth-order valence-electron chi connectivity index (χ4n) is 2.48. The highest BCUT2D eigenvalue weighted by Gasteiger charge is 2.09. The Bertz CT molecular complexity index is 916. The molecule has 2 aromatic heterocycles. The van der Waals surface area contributed by atoms with E-state index in [0.29, 0.717) is 23.7 Å². The van der Waals surface area contributed by atoms with Gasteiger partial charge in [0.1, 0.15) is 5.69 Å². The van der Waals surface area contributed by atoms with E-state index in [9.17, 15) is 4.79 Å². The standard InChI is InChI=1S/C20H20N4O3/c1-26-18-7-6-14(12-19(18)27-2)24-15-8-10-22-17(11-15)20(25)23-13-16-5-3-4-9-21-16/h3-12H,13H2,1-2H3,(H,22,24)(H,23,25). The number of benzene rings is 1. The van der Waals surface area contributed by atoms with Gasteiger partial charge in [0.15, 0.2) is 11.5 Å². The summed E-state index contributed by atoms with van der Waals surface area (Å²) in [6.07, 6.45) is 3.27. The van der Waals surface area contributed by atoms with Crippen molar-refractivity contribution in [2.75, 3.05) is 19.5 Å². The van der Waals surface area contributed by atoms with Gasteiger partial charge < -0.3 is 20.1 Å². The van der Waals surface area contributed by atoms with Crippen LogP contribution in [-0.4, -0.2) is 30.1 Å². The molecule has 3 rings (SSSR count). The number of rotatable bonds is 7. The zero-order valence-electron chi connectivity index (χ0n) is 15.1. The average Bonchev–Trinajstić information content (AvgIpc) is 2.73. The van der Waals surface area contributed by atoms with Crippen LogP contribution in [0.4, 0.5) is 11.4 Å². The summed E-state index contributed by atoms with van der Waals surface area (Å²) in [4.78, 5) is 20.7. The number of methoxy groups -OCH3 is 2.